The van der Waals surface area contributed by atoms with Crippen LogP contribution in [0, 0.1) is 0 Å². The number of Topliss-reactive ketones (excluding diaryl/α,β-unsaturated/α-hetero) is 1. The lowest BCUT2D eigenvalue weighted by atomic mass is 9.92. The molecule has 21 heavy (non-hydrogen) atoms. The smallest absolute Gasteiger partial charge is 0.190 e. The maximum atomic E-state index is 12.8. The Morgan fingerprint density at radius 2 is 1.67 bits per heavy atom. The van der Waals surface area contributed by atoms with Gasteiger partial charge in [0.05, 0.1) is 0 Å². The van der Waals surface area contributed by atoms with Crippen LogP contribution in [0.3, 0.4) is 0 Å². The van der Waals surface area contributed by atoms with E-state index in [-0.39, 0.29) is 5.78 Å². The van der Waals surface area contributed by atoms with Gasteiger partial charge in [-0.05, 0) is 54.2 Å². The van der Waals surface area contributed by atoms with Crippen LogP contribution in [-0.4, -0.2) is 5.78 Å². The summed E-state index contributed by atoms with van der Waals surface area (Å²) in [5.41, 5.74) is 8.30. The predicted molar refractivity (Wildman–Crippen MR) is 88.5 cm³/mol. The number of carbonyl (C=O) groups is 1. The molecule has 0 saturated heterocycles. The first-order valence-corrected chi connectivity index (χ1v) is 7.78. The summed E-state index contributed by atoms with van der Waals surface area (Å²) in [6.45, 7) is 0. The fraction of sp³-hybridized carbons (Fsp3) is 0.316. The first-order chi connectivity index (χ1) is 10.3. The number of ketones is 1. The molecule has 0 unspecified atom stereocenters. The molecule has 0 aromatic heterocycles. The fourth-order valence-corrected chi connectivity index (χ4v) is 3.03. The van der Waals surface area contributed by atoms with E-state index in [1.54, 1.807) is 0 Å². The van der Waals surface area contributed by atoms with Crippen LogP contribution in [0.2, 0.25) is 0 Å². The van der Waals surface area contributed by atoms with Crippen LogP contribution in [0.5, 0.6) is 0 Å². The highest BCUT2D eigenvalue weighted by Crippen LogP contribution is 2.27. The second kappa shape index (κ2) is 6.13. The first kappa shape index (κ1) is 13.9. The van der Waals surface area contributed by atoms with E-state index >= 15 is 0 Å². The maximum Gasteiger partial charge on any atom is 0.190 e. The molecule has 0 aliphatic heterocycles. The van der Waals surface area contributed by atoms with Gasteiger partial charge in [0, 0.05) is 11.3 Å². The van der Waals surface area contributed by atoms with Gasteiger partial charge in [-0.25, -0.2) is 0 Å². The third-order valence-corrected chi connectivity index (χ3v) is 4.25. The Bertz CT molecular complexity index is 700. The molecular formula is C19H21NO. The van der Waals surface area contributed by atoms with Crippen LogP contribution in [0.15, 0.2) is 48.0 Å². The van der Waals surface area contributed by atoms with Crippen LogP contribution in [-0.2, 0) is 0 Å². The summed E-state index contributed by atoms with van der Waals surface area (Å²) < 4.78 is 0. The van der Waals surface area contributed by atoms with Gasteiger partial charge in [-0.2, -0.15) is 0 Å². The summed E-state index contributed by atoms with van der Waals surface area (Å²) in [6.07, 6.45) is 8.79. The molecule has 0 atom stereocenters. The predicted octanol–water partition coefficient (Wildman–Crippen LogP) is 4.89. The van der Waals surface area contributed by atoms with Crippen LogP contribution in [0.1, 0.15) is 48.9 Å². The quantitative estimate of drug-likeness (QED) is 0.628. The molecule has 0 bridgehead atoms. The van der Waals surface area contributed by atoms with E-state index in [9.17, 15) is 4.79 Å². The van der Waals surface area contributed by atoms with Gasteiger partial charge in [0.15, 0.2) is 5.78 Å². The Balaban J connectivity index is 1.98. The summed E-state index contributed by atoms with van der Waals surface area (Å²) in [5.74, 6) is 0.111. The van der Waals surface area contributed by atoms with E-state index in [4.69, 9.17) is 5.73 Å². The van der Waals surface area contributed by atoms with Gasteiger partial charge in [0.25, 0.3) is 0 Å². The minimum absolute atomic E-state index is 0.111. The van der Waals surface area contributed by atoms with Gasteiger partial charge < -0.3 is 5.73 Å². The lowest BCUT2D eigenvalue weighted by molar-refractivity contribution is 0.103. The van der Waals surface area contributed by atoms with Gasteiger partial charge in [-0.15, -0.1) is 0 Å². The summed E-state index contributed by atoms with van der Waals surface area (Å²) in [5, 5.41) is 2.15. The molecule has 0 saturated carbocycles. The van der Waals surface area contributed by atoms with Gasteiger partial charge in [-0.1, -0.05) is 43.2 Å². The second-order valence-electron chi connectivity index (χ2n) is 5.80. The van der Waals surface area contributed by atoms with E-state index < -0.39 is 0 Å². The van der Waals surface area contributed by atoms with E-state index in [1.807, 2.05) is 36.4 Å². The van der Waals surface area contributed by atoms with Crippen molar-refractivity contribution in [3.8, 4) is 0 Å². The zero-order valence-corrected chi connectivity index (χ0v) is 12.3. The molecule has 2 nitrogen and oxygen atoms in total. The lowest BCUT2D eigenvalue weighted by Gasteiger charge is -2.12. The molecule has 3 rings (SSSR count). The van der Waals surface area contributed by atoms with Crippen molar-refractivity contribution in [3.05, 3.63) is 53.6 Å². The number of anilines is 1. The number of hydrogen-bond acceptors (Lipinski definition) is 2. The zero-order chi connectivity index (χ0) is 14.7. The van der Waals surface area contributed by atoms with E-state index in [0.29, 0.717) is 11.3 Å². The molecule has 2 aromatic rings. The number of fused-ring (bicyclic) bond motifs is 1. The number of benzene rings is 2. The van der Waals surface area contributed by atoms with E-state index in [0.717, 1.165) is 35.6 Å². The average Bonchev–Trinajstić information content (AvgIpc) is 2.45. The number of nitrogens with two attached hydrogens (primary N) is 1. The van der Waals surface area contributed by atoms with Crippen molar-refractivity contribution in [2.45, 2.75) is 38.5 Å². The topological polar surface area (TPSA) is 43.1 Å². The normalized spacial score (nSPS) is 18.6. The Morgan fingerprint density at radius 1 is 0.952 bits per heavy atom. The molecule has 1 aliphatic carbocycles. The summed E-state index contributed by atoms with van der Waals surface area (Å²) in [6, 6.07) is 11.9. The third kappa shape index (κ3) is 2.99. The van der Waals surface area contributed by atoms with Crippen LogP contribution in [0.25, 0.3) is 10.8 Å². The van der Waals surface area contributed by atoms with Crippen molar-refractivity contribution in [2.75, 3.05) is 5.73 Å². The van der Waals surface area contributed by atoms with Crippen molar-refractivity contribution in [1.82, 2.24) is 0 Å². The molecule has 0 heterocycles. The number of hydrogen-bond donors (Lipinski definition) is 1. The lowest BCUT2D eigenvalue weighted by Crippen LogP contribution is -2.08. The molecule has 0 fully saturated rings. The number of allylic oxidation sites excluding steroid dienone is 2. The Morgan fingerprint density at radius 3 is 2.48 bits per heavy atom. The Hall–Kier alpha value is -2.09. The van der Waals surface area contributed by atoms with Crippen molar-refractivity contribution in [3.63, 3.8) is 0 Å². The van der Waals surface area contributed by atoms with Gasteiger partial charge in [0.1, 0.15) is 0 Å². The van der Waals surface area contributed by atoms with E-state index in [2.05, 4.69) is 6.08 Å². The van der Waals surface area contributed by atoms with Crippen molar-refractivity contribution < 1.29 is 4.79 Å². The minimum Gasteiger partial charge on any atom is -0.398 e. The number of nitrogen functional groups attached to an aromatic ring is 1. The van der Waals surface area contributed by atoms with Gasteiger partial charge in [0.2, 0.25) is 0 Å². The molecule has 2 N–H and O–H groups in total. The third-order valence-electron chi connectivity index (χ3n) is 4.25. The molecular weight excluding hydrogens is 258 g/mol. The molecule has 2 aromatic carbocycles. The molecule has 0 radical (unpaired) electrons. The largest absolute Gasteiger partial charge is 0.398 e. The fourth-order valence-electron chi connectivity index (χ4n) is 3.03. The standard InChI is InChI=1S/C19H21NO/c20-18-13-16-11-7-6-10-15(16)12-17(18)19(21)14-8-4-2-1-3-5-9-14/h6-8,10-13H,1-5,9,20H2/b14-8+. The molecule has 0 amide bonds. The Kier molecular flexibility index (Phi) is 4.05. The monoisotopic (exact) mass is 279 g/mol. The zero-order valence-electron chi connectivity index (χ0n) is 12.3. The first-order valence-electron chi connectivity index (χ1n) is 7.78. The van der Waals surface area contributed by atoms with Crippen LogP contribution in [0.4, 0.5) is 5.69 Å². The highest BCUT2D eigenvalue weighted by atomic mass is 16.1. The number of rotatable bonds is 2. The van der Waals surface area contributed by atoms with E-state index in [1.165, 1.54) is 19.3 Å². The van der Waals surface area contributed by atoms with Crippen molar-refractivity contribution in [1.29, 1.82) is 0 Å². The van der Waals surface area contributed by atoms with Gasteiger partial charge >= 0.3 is 0 Å². The van der Waals surface area contributed by atoms with Crippen molar-refractivity contribution in [2.24, 2.45) is 0 Å². The molecule has 0 spiro atoms. The highest BCUT2D eigenvalue weighted by Gasteiger charge is 2.16. The van der Waals surface area contributed by atoms with Crippen LogP contribution < -0.4 is 5.73 Å². The average molecular weight is 279 g/mol. The number of carbonyl (C=O) groups excluding carboxylic acids is 1. The van der Waals surface area contributed by atoms with Crippen molar-refractivity contribution >= 4 is 22.2 Å². The van der Waals surface area contributed by atoms with Crippen LogP contribution >= 0.6 is 0 Å². The van der Waals surface area contributed by atoms with Gasteiger partial charge in [-0.3, -0.25) is 4.79 Å². The molecule has 1 aliphatic rings. The highest BCUT2D eigenvalue weighted by molar-refractivity contribution is 6.13. The SMILES string of the molecule is Nc1cc2ccccc2cc1C(=O)/C1=C/CCCCCC1. The minimum atomic E-state index is 0.111. The second-order valence-corrected chi connectivity index (χ2v) is 5.80. The molecule has 108 valence electrons. The summed E-state index contributed by atoms with van der Waals surface area (Å²) >= 11 is 0. The summed E-state index contributed by atoms with van der Waals surface area (Å²) in [4.78, 5) is 12.8. The Labute approximate surface area is 125 Å². The maximum absolute atomic E-state index is 12.8. The summed E-state index contributed by atoms with van der Waals surface area (Å²) in [7, 11) is 0. The molecule has 2 heteroatoms.